The van der Waals surface area contributed by atoms with Gasteiger partial charge in [-0.25, -0.2) is 0 Å². The number of nitrogens with one attached hydrogen (secondary N) is 1. The number of nitrogens with zero attached hydrogens (tertiary/aromatic N) is 3. The molecule has 23 heavy (non-hydrogen) atoms. The molecule has 2 atom stereocenters. The van der Waals surface area contributed by atoms with Crippen LogP contribution >= 0.6 is 0 Å². The number of carbonyl (C=O) groups is 2. The second kappa shape index (κ2) is 5.61. The number of likely N-dealkylation sites (tertiary alicyclic amines) is 1. The zero-order valence-corrected chi connectivity index (χ0v) is 15.8. The molecule has 5 rings (SSSR count). The third-order valence-corrected chi connectivity index (χ3v) is 6.24. The molecule has 3 heterocycles. The molecular weight excluding hydrogens is 303 g/mol. The summed E-state index contributed by atoms with van der Waals surface area (Å²) < 4.78 is 0. The van der Waals surface area contributed by atoms with Crippen molar-refractivity contribution in [1.29, 1.82) is 0 Å². The maximum atomic E-state index is 12.5. The van der Waals surface area contributed by atoms with Gasteiger partial charge in [0.1, 0.15) is 0 Å². The number of piperidine rings is 1. The average molecular weight is 326 g/mol. The van der Waals surface area contributed by atoms with Gasteiger partial charge in [-0.1, -0.05) is 6.42 Å². The molecule has 0 aromatic heterocycles. The number of fused-ring (bicyclic) bond motifs is 2. The first kappa shape index (κ1) is 16.2. The molecule has 0 radical (unpaired) electrons. The van der Waals surface area contributed by atoms with Gasteiger partial charge in [0.15, 0.2) is 6.03 Å². The fourth-order valence-electron chi connectivity index (χ4n) is 4.93. The Morgan fingerprint density at radius 2 is 1.91 bits per heavy atom. The van der Waals surface area contributed by atoms with Crippen LogP contribution in [-0.4, -0.2) is 65.5 Å². The van der Waals surface area contributed by atoms with E-state index >= 15 is 0 Å². The van der Waals surface area contributed by atoms with Gasteiger partial charge in [-0.3, -0.25) is 14.5 Å². The van der Waals surface area contributed by atoms with E-state index < -0.39 is 0 Å². The molecule has 3 saturated heterocycles. The first-order valence-corrected chi connectivity index (χ1v) is 8.68. The number of urea groups is 1. The molecule has 0 unspecified atom stereocenters. The molecule has 6 nitrogen and oxygen atoms in total. The third kappa shape index (κ3) is 2.71. The topological polar surface area (TPSA) is 66.8 Å². The SMILES string of the molecule is O=C(NC1CC2(C1)CN(C1CC1)C2)[C@@H]1CC[C@@H]2CN1C(=O)[N-]2.[Na+]. The maximum absolute atomic E-state index is 12.5. The minimum absolute atomic E-state index is 0. The first-order valence-electron chi connectivity index (χ1n) is 8.68. The second-order valence-electron chi connectivity index (χ2n) is 8.06. The minimum Gasteiger partial charge on any atom is -0.427 e. The first-order chi connectivity index (χ1) is 10.6. The molecule has 3 aliphatic heterocycles. The monoisotopic (exact) mass is 326 g/mol. The van der Waals surface area contributed by atoms with Crippen LogP contribution in [0.5, 0.6) is 0 Å². The van der Waals surface area contributed by atoms with Crippen molar-refractivity contribution in [3.63, 3.8) is 0 Å². The fourth-order valence-corrected chi connectivity index (χ4v) is 4.93. The number of rotatable bonds is 3. The summed E-state index contributed by atoms with van der Waals surface area (Å²) in [5, 5.41) is 7.25. The van der Waals surface area contributed by atoms with Gasteiger partial charge < -0.3 is 15.5 Å². The standard InChI is InChI=1S/C16H24N4O2.Na/c21-14(13-4-1-10-7-20(13)15(22)18-10)17-11-5-16(6-11)8-19(9-16)12-2-3-12;/h10-13H,1-9H2,(H2,17,18,21,22);/q;+1/p-1/t10-,13+;/m1./s1. The Kier molecular flexibility index (Phi) is 3.95. The van der Waals surface area contributed by atoms with Crippen molar-refractivity contribution in [2.75, 3.05) is 19.6 Å². The van der Waals surface area contributed by atoms with Crippen molar-refractivity contribution in [3.8, 4) is 0 Å². The van der Waals surface area contributed by atoms with E-state index in [1.165, 1.54) is 25.9 Å². The van der Waals surface area contributed by atoms with Crippen molar-refractivity contribution >= 4 is 11.9 Å². The Balaban J connectivity index is 0.00000135. The van der Waals surface area contributed by atoms with Gasteiger partial charge in [-0.15, -0.1) is 0 Å². The number of hydrogen-bond acceptors (Lipinski definition) is 3. The molecule has 1 spiro atoms. The average Bonchev–Trinajstić information content (AvgIpc) is 3.19. The van der Waals surface area contributed by atoms with Crippen molar-refractivity contribution in [2.45, 2.75) is 62.7 Å². The van der Waals surface area contributed by atoms with Crippen LogP contribution in [0.1, 0.15) is 38.5 Å². The summed E-state index contributed by atoms with van der Waals surface area (Å²) in [4.78, 5) is 28.5. The van der Waals surface area contributed by atoms with Crippen LogP contribution < -0.4 is 34.9 Å². The normalized spacial score (nSPS) is 35.1. The van der Waals surface area contributed by atoms with Crippen molar-refractivity contribution < 1.29 is 39.1 Å². The van der Waals surface area contributed by atoms with Crippen LogP contribution in [0, 0.1) is 5.41 Å². The van der Waals surface area contributed by atoms with Gasteiger partial charge >= 0.3 is 29.6 Å². The Hall–Kier alpha value is -0.300. The number of amides is 3. The van der Waals surface area contributed by atoms with Gasteiger partial charge in [0.25, 0.3) is 0 Å². The van der Waals surface area contributed by atoms with Crippen LogP contribution in [0.15, 0.2) is 0 Å². The Labute approximate surface area is 159 Å². The summed E-state index contributed by atoms with van der Waals surface area (Å²) in [6, 6.07) is 0.857. The van der Waals surface area contributed by atoms with E-state index in [9.17, 15) is 9.59 Å². The van der Waals surface area contributed by atoms with Gasteiger partial charge in [-0.05, 0) is 50.1 Å². The molecule has 120 valence electrons. The predicted octanol–water partition coefficient (Wildman–Crippen LogP) is -1.93. The van der Waals surface area contributed by atoms with Gasteiger partial charge in [0.05, 0.1) is 0 Å². The second-order valence-corrected chi connectivity index (χ2v) is 8.06. The summed E-state index contributed by atoms with van der Waals surface area (Å²) in [5.74, 6) is 0.0436. The molecule has 2 saturated carbocycles. The van der Waals surface area contributed by atoms with Crippen molar-refractivity contribution in [1.82, 2.24) is 15.1 Å². The molecule has 1 N–H and O–H groups in total. The fraction of sp³-hybridized carbons (Fsp3) is 0.875. The van der Waals surface area contributed by atoms with Gasteiger partial charge in [0, 0.05) is 31.2 Å². The van der Waals surface area contributed by atoms with Gasteiger partial charge in [-0.2, -0.15) is 0 Å². The molecule has 5 aliphatic rings. The predicted molar refractivity (Wildman–Crippen MR) is 80.5 cm³/mol. The summed E-state index contributed by atoms with van der Waals surface area (Å²) in [6.45, 7) is 3.11. The molecule has 5 fully saturated rings. The number of hydrogen-bond donors (Lipinski definition) is 1. The quantitative estimate of drug-likeness (QED) is 0.615. The van der Waals surface area contributed by atoms with E-state index in [0.29, 0.717) is 18.0 Å². The Morgan fingerprint density at radius 1 is 1.17 bits per heavy atom. The molecular formula is C16H23N4NaO2. The van der Waals surface area contributed by atoms with Crippen LogP contribution in [0.25, 0.3) is 5.32 Å². The zero-order chi connectivity index (χ0) is 14.9. The van der Waals surface area contributed by atoms with Crippen molar-refractivity contribution in [3.05, 3.63) is 5.32 Å². The van der Waals surface area contributed by atoms with Crippen LogP contribution in [-0.2, 0) is 4.79 Å². The maximum Gasteiger partial charge on any atom is 1.00 e. The van der Waals surface area contributed by atoms with E-state index in [1.54, 1.807) is 4.90 Å². The summed E-state index contributed by atoms with van der Waals surface area (Å²) in [5.41, 5.74) is 0.497. The molecule has 3 amide bonds. The van der Waals surface area contributed by atoms with Crippen molar-refractivity contribution in [2.24, 2.45) is 5.41 Å². The number of carbonyl (C=O) groups excluding carboxylic acids is 2. The van der Waals surface area contributed by atoms with E-state index in [1.807, 2.05) is 0 Å². The Bertz CT molecular complexity index is 524. The molecule has 0 aromatic carbocycles. The van der Waals surface area contributed by atoms with E-state index in [2.05, 4.69) is 15.5 Å². The molecule has 2 bridgehead atoms. The Morgan fingerprint density at radius 3 is 2.61 bits per heavy atom. The summed E-state index contributed by atoms with van der Waals surface area (Å²) >= 11 is 0. The minimum atomic E-state index is -0.282. The molecule has 7 heteroatoms. The van der Waals surface area contributed by atoms with Crippen LogP contribution in [0.2, 0.25) is 0 Å². The smallest absolute Gasteiger partial charge is 0.427 e. The van der Waals surface area contributed by atoms with E-state index in [4.69, 9.17) is 0 Å². The van der Waals surface area contributed by atoms with E-state index in [0.717, 1.165) is 31.7 Å². The largest absolute Gasteiger partial charge is 1.00 e. The molecule has 2 aliphatic carbocycles. The van der Waals surface area contributed by atoms with Crippen LogP contribution in [0.3, 0.4) is 0 Å². The van der Waals surface area contributed by atoms with Crippen LogP contribution in [0.4, 0.5) is 4.79 Å². The summed E-state index contributed by atoms with van der Waals surface area (Å²) in [6.07, 6.45) is 6.64. The zero-order valence-electron chi connectivity index (χ0n) is 13.8. The molecule has 0 aromatic rings. The van der Waals surface area contributed by atoms with Gasteiger partial charge in [0.2, 0.25) is 5.91 Å². The van der Waals surface area contributed by atoms with E-state index in [-0.39, 0.29) is 53.6 Å². The third-order valence-electron chi connectivity index (χ3n) is 6.24. The summed E-state index contributed by atoms with van der Waals surface area (Å²) in [7, 11) is 0.